The highest BCUT2D eigenvalue weighted by molar-refractivity contribution is 7.11. The predicted molar refractivity (Wildman–Crippen MR) is 99.1 cm³/mol. The summed E-state index contributed by atoms with van der Waals surface area (Å²) in [5.41, 5.74) is 1.22. The lowest BCUT2D eigenvalue weighted by atomic mass is 10.0. The van der Waals surface area contributed by atoms with E-state index in [2.05, 4.69) is 45.4 Å². The molecule has 1 unspecified atom stereocenters. The topological polar surface area (TPSA) is 47.5 Å². The van der Waals surface area contributed by atoms with Crippen molar-refractivity contribution in [1.82, 2.24) is 15.1 Å². The van der Waals surface area contributed by atoms with Crippen LogP contribution in [-0.2, 0) is 11.3 Å². The molecule has 1 saturated heterocycles. The molecular weight excluding hydrogens is 334 g/mol. The molecule has 6 heteroatoms. The molecule has 0 saturated carbocycles. The van der Waals surface area contributed by atoms with Gasteiger partial charge >= 0.3 is 0 Å². The summed E-state index contributed by atoms with van der Waals surface area (Å²) in [5, 5.41) is 12.8. The largest absolute Gasteiger partial charge is 0.497 e. The fourth-order valence-electron chi connectivity index (χ4n) is 3.21. The lowest BCUT2D eigenvalue weighted by Crippen LogP contribution is -2.37. The van der Waals surface area contributed by atoms with Gasteiger partial charge in [-0.2, -0.15) is 0 Å². The van der Waals surface area contributed by atoms with Crippen molar-refractivity contribution in [2.45, 2.75) is 19.6 Å². The van der Waals surface area contributed by atoms with Gasteiger partial charge in [0.05, 0.1) is 26.4 Å². The molecule has 0 N–H and O–H groups in total. The van der Waals surface area contributed by atoms with Gasteiger partial charge in [0.15, 0.2) is 0 Å². The third-order valence-electron chi connectivity index (χ3n) is 4.52. The summed E-state index contributed by atoms with van der Waals surface area (Å²) in [6.07, 6.45) is 0.0919. The number of hydrogen-bond donors (Lipinski definition) is 0. The van der Waals surface area contributed by atoms with Crippen molar-refractivity contribution in [1.29, 1.82) is 0 Å². The van der Waals surface area contributed by atoms with Gasteiger partial charge in [-0.15, -0.1) is 21.5 Å². The van der Waals surface area contributed by atoms with Crippen LogP contribution in [0.3, 0.4) is 0 Å². The summed E-state index contributed by atoms with van der Waals surface area (Å²) in [4.78, 5) is 2.40. The minimum absolute atomic E-state index is 0.0919. The Morgan fingerprint density at radius 1 is 1.20 bits per heavy atom. The standard InChI is InChI=1S/C19H21N3O2S/c1-13-20-21-19(25-13)12-22-7-8-24-18(11-22)16-4-3-15-10-17(23-2)6-5-14(15)9-16/h3-6,9-10,18H,7-8,11-12H2,1-2H3. The van der Waals surface area contributed by atoms with Gasteiger partial charge in [-0.1, -0.05) is 18.2 Å². The van der Waals surface area contributed by atoms with Crippen LogP contribution in [0.4, 0.5) is 0 Å². The lowest BCUT2D eigenvalue weighted by molar-refractivity contribution is -0.0329. The van der Waals surface area contributed by atoms with E-state index in [-0.39, 0.29) is 6.10 Å². The number of hydrogen-bond acceptors (Lipinski definition) is 6. The number of methoxy groups -OCH3 is 1. The zero-order valence-electron chi connectivity index (χ0n) is 14.4. The zero-order chi connectivity index (χ0) is 17.2. The van der Waals surface area contributed by atoms with Gasteiger partial charge in [-0.3, -0.25) is 4.90 Å². The lowest BCUT2D eigenvalue weighted by Gasteiger charge is -2.32. The molecule has 2 heterocycles. The highest BCUT2D eigenvalue weighted by atomic mass is 32.1. The molecular formula is C19H21N3O2S. The van der Waals surface area contributed by atoms with E-state index in [0.717, 1.165) is 42.0 Å². The number of ether oxygens (including phenoxy) is 2. The second kappa shape index (κ2) is 7.07. The Balaban J connectivity index is 1.51. The smallest absolute Gasteiger partial charge is 0.131 e. The number of aromatic nitrogens is 2. The van der Waals surface area contributed by atoms with E-state index in [9.17, 15) is 0 Å². The number of benzene rings is 2. The molecule has 0 aliphatic carbocycles. The number of fused-ring (bicyclic) bond motifs is 1. The summed E-state index contributed by atoms with van der Waals surface area (Å²) in [7, 11) is 1.69. The average Bonchev–Trinajstić information content (AvgIpc) is 3.05. The van der Waals surface area contributed by atoms with Gasteiger partial charge in [-0.25, -0.2) is 0 Å². The fraction of sp³-hybridized carbons (Fsp3) is 0.368. The van der Waals surface area contributed by atoms with Gasteiger partial charge in [-0.05, 0) is 41.5 Å². The van der Waals surface area contributed by atoms with Crippen molar-refractivity contribution < 1.29 is 9.47 Å². The zero-order valence-corrected chi connectivity index (χ0v) is 15.3. The first kappa shape index (κ1) is 16.4. The first-order valence-corrected chi connectivity index (χ1v) is 9.23. The Hall–Kier alpha value is -2.02. The van der Waals surface area contributed by atoms with E-state index in [4.69, 9.17) is 9.47 Å². The van der Waals surface area contributed by atoms with Crippen LogP contribution in [0.2, 0.25) is 0 Å². The van der Waals surface area contributed by atoms with Crippen molar-refractivity contribution in [2.24, 2.45) is 0 Å². The molecule has 1 fully saturated rings. The van der Waals surface area contributed by atoms with E-state index in [0.29, 0.717) is 0 Å². The molecule has 0 amide bonds. The van der Waals surface area contributed by atoms with E-state index >= 15 is 0 Å². The number of rotatable bonds is 4. The van der Waals surface area contributed by atoms with E-state index < -0.39 is 0 Å². The van der Waals surface area contributed by atoms with Gasteiger partial charge in [0, 0.05) is 13.1 Å². The molecule has 25 heavy (non-hydrogen) atoms. The molecule has 1 aliphatic heterocycles. The van der Waals surface area contributed by atoms with E-state index in [1.54, 1.807) is 18.4 Å². The second-order valence-electron chi connectivity index (χ2n) is 6.28. The summed E-state index contributed by atoms with van der Waals surface area (Å²) in [6.45, 7) is 5.38. The molecule has 5 nitrogen and oxygen atoms in total. The highest BCUT2D eigenvalue weighted by Crippen LogP contribution is 2.28. The van der Waals surface area contributed by atoms with Gasteiger partial charge < -0.3 is 9.47 Å². The molecule has 1 aliphatic rings. The molecule has 2 aromatic carbocycles. The molecule has 1 aromatic heterocycles. The van der Waals surface area contributed by atoms with Crippen LogP contribution in [0.5, 0.6) is 5.75 Å². The number of aryl methyl sites for hydroxylation is 1. The van der Waals surface area contributed by atoms with Crippen LogP contribution in [0, 0.1) is 6.92 Å². The third kappa shape index (κ3) is 3.66. The van der Waals surface area contributed by atoms with Crippen LogP contribution in [0.15, 0.2) is 36.4 Å². The first-order chi connectivity index (χ1) is 12.2. The third-order valence-corrected chi connectivity index (χ3v) is 5.34. The average molecular weight is 355 g/mol. The predicted octanol–water partition coefficient (Wildman–Crippen LogP) is 3.58. The second-order valence-corrected chi connectivity index (χ2v) is 7.55. The maximum Gasteiger partial charge on any atom is 0.131 e. The molecule has 3 aromatic rings. The van der Waals surface area contributed by atoms with E-state index in [1.165, 1.54) is 16.3 Å². The monoisotopic (exact) mass is 355 g/mol. The molecule has 0 radical (unpaired) electrons. The summed E-state index contributed by atoms with van der Waals surface area (Å²) < 4.78 is 11.3. The molecule has 130 valence electrons. The minimum Gasteiger partial charge on any atom is -0.497 e. The molecule has 0 spiro atoms. The van der Waals surface area contributed by atoms with Crippen LogP contribution < -0.4 is 4.74 Å². The normalized spacial score (nSPS) is 18.6. The number of nitrogens with zero attached hydrogens (tertiary/aromatic N) is 3. The van der Waals surface area contributed by atoms with Crippen molar-refractivity contribution in [3.8, 4) is 5.75 Å². The summed E-state index contributed by atoms with van der Waals surface area (Å²) in [6, 6.07) is 12.7. The quantitative estimate of drug-likeness (QED) is 0.716. The van der Waals surface area contributed by atoms with Crippen molar-refractivity contribution >= 4 is 22.1 Å². The maximum atomic E-state index is 6.03. The van der Waals surface area contributed by atoms with Crippen molar-refractivity contribution in [3.05, 3.63) is 52.0 Å². The van der Waals surface area contributed by atoms with Crippen LogP contribution in [-0.4, -0.2) is 41.9 Å². The number of morpholine rings is 1. The van der Waals surface area contributed by atoms with Crippen molar-refractivity contribution in [2.75, 3.05) is 26.8 Å². The van der Waals surface area contributed by atoms with Gasteiger partial charge in [0.25, 0.3) is 0 Å². The molecule has 1 atom stereocenters. The molecule has 4 rings (SSSR count). The highest BCUT2D eigenvalue weighted by Gasteiger charge is 2.23. The SMILES string of the molecule is COc1ccc2cc(C3CN(Cc4nnc(C)s4)CCO3)ccc2c1. The Kier molecular flexibility index (Phi) is 4.65. The Bertz CT molecular complexity index is 880. The maximum absolute atomic E-state index is 6.03. The molecule has 0 bridgehead atoms. The summed E-state index contributed by atoms with van der Waals surface area (Å²) in [5.74, 6) is 0.882. The van der Waals surface area contributed by atoms with Crippen LogP contribution >= 0.6 is 11.3 Å². The fourth-order valence-corrected chi connectivity index (χ4v) is 3.96. The minimum atomic E-state index is 0.0919. The van der Waals surface area contributed by atoms with Crippen LogP contribution in [0.25, 0.3) is 10.8 Å². The Morgan fingerprint density at radius 3 is 2.84 bits per heavy atom. The van der Waals surface area contributed by atoms with Crippen LogP contribution in [0.1, 0.15) is 21.7 Å². The Labute approximate surface area is 151 Å². The van der Waals surface area contributed by atoms with E-state index in [1.807, 2.05) is 13.0 Å². The van der Waals surface area contributed by atoms with Gasteiger partial charge in [0.1, 0.15) is 15.8 Å². The van der Waals surface area contributed by atoms with Crippen molar-refractivity contribution in [3.63, 3.8) is 0 Å². The Morgan fingerprint density at radius 2 is 2.04 bits per heavy atom. The summed E-state index contributed by atoms with van der Waals surface area (Å²) >= 11 is 1.67. The van der Waals surface area contributed by atoms with Gasteiger partial charge in [0.2, 0.25) is 0 Å². The first-order valence-electron chi connectivity index (χ1n) is 8.42.